The molecule has 0 aliphatic rings. The number of amides is 2. The number of aryl methyl sites for hydroxylation is 1. The second-order valence-corrected chi connectivity index (χ2v) is 4.01. The van der Waals surface area contributed by atoms with Gasteiger partial charge in [-0.1, -0.05) is 0 Å². The van der Waals surface area contributed by atoms with Crippen LogP contribution >= 0.6 is 0 Å². The molecule has 98 valence electrons. The lowest BCUT2D eigenvalue weighted by Crippen LogP contribution is -2.39. The van der Waals surface area contributed by atoms with Gasteiger partial charge in [0.15, 0.2) is 5.43 Å². The van der Waals surface area contributed by atoms with Crippen molar-refractivity contribution >= 4 is 11.8 Å². The monoisotopic (exact) mass is 251 g/mol. The van der Waals surface area contributed by atoms with Gasteiger partial charge in [-0.15, -0.1) is 0 Å². The number of aromatic nitrogens is 1. The van der Waals surface area contributed by atoms with Crippen LogP contribution in [-0.2, 0) is 4.79 Å². The van der Waals surface area contributed by atoms with E-state index in [9.17, 15) is 14.4 Å². The summed E-state index contributed by atoms with van der Waals surface area (Å²) in [4.78, 5) is 38.9. The number of pyridine rings is 1. The molecule has 0 aromatic carbocycles. The first kappa shape index (κ1) is 14.0. The van der Waals surface area contributed by atoms with Crippen molar-refractivity contribution in [3.63, 3.8) is 0 Å². The molecule has 0 unspecified atom stereocenters. The quantitative estimate of drug-likeness (QED) is 0.783. The number of carbonyl (C=O) groups excluding carboxylic acids is 2. The summed E-state index contributed by atoms with van der Waals surface area (Å²) in [6.07, 6.45) is 1.37. The smallest absolute Gasteiger partial charge is 0.259 e. The molecule has 2 amide bonds. The molecule has 0 saturated heterocycles. The molecule has 1 aromatic rings. The second kappa shape index (κ2) is 6.00. The van der Waals surface area contributed by atoms with Crippen molar-refractivity contribution in [2.45, 2.75) is 13.8 Å². The lowest BCUT2D eigenvalue weighted by Gasteiger charge is -2.16. The Labute approximate surface area is 105 Å². The van der Waals surface area contributed by atoms with Crippen molar-refractivity contribution in [3.8, 4) is 0 Å². The van der Waals surface area contributed by atoms with Gasteiger partial charge in [-0.3, -0.25) is 14.4 Å². The summed E-state index contributed by atoms with van der Waals surface area (Å²) in [5.74, 6) is -0.723. The zero-order chi connectivity index (χ0) is 13.7. The molecule has 6 heteroatoms. The van der Waals surface area contributed by atoms with E-state index in [2.05, 4.69) is 10.3 Å². The lowest BCUT2D eigenvalue weighted by atomic mass is 10.2. The van der Waals surface area contributed by atoms with Gasteiger partial charge in [0.05, 0.1) is 6.54 Å². The van der Waals surface area contributed by atoms with Gasteiger partial charge in [-0.2, -0.15) is 0 Å². The van der Waals surface area contributed by atoms with E-state index in [0.29, 0.717) is 12.2 Å². The standard InChI is InChI=1S/C12H17N3O3/c1-4-13-11(17)7-15(3)12(18)9-6-14-8(2)5-10(9)16/h5-6H,4,7H2,1-3H3,(H,13,17)(H,14,16). The van der Waals surface area contributed by atoms with E-state index in [-0.39, 0.29) is 23.4 Å². The van der Waals surface area contributed by atoms with E-state index in [0.717, 1.165) is 0 Å². The van der Waals surface area contributed by atoms with Crippen LogP contribution < -0.4 is 10.7 Å². The van der Waals surface area contributed by atoms with Crippen molar-refractivity contribution in [1.29, 1.82) is 0 Å². The minimum absolute atomic E-state index is 0.0346. The summed E-state index contributed by atoms with van der Waals surface area (Å²) in [7, 11) is 1.48. The van der Waals surface area contributed by atoms with Gasteiger partial charge in [-0.25, -0.2) is 0 Å². The first-order valence-electron chi connectivity index (χ1n) is 5.67. The molecular formula is C12H17N3O3. The molecule has 0 saturated carbocycles. The normalized spacial score (nSPS) is 9.94. The summed E-state index contributed by atoms with van der Waals surface area (Å²) in [5.41, 5.74) is 0.370. The van der Waals surface area contributed by atoms with Gasteiger partial charge in [-0.05, 0) is 13.8 Å². The van der Waals surface area contributed by atoms with Crippen LogP contribution in [0.5, 0.6) is 0 Å². The van der Waals surface area contributed by atoms with Gasteiger partial charge in [0, 0.05) is 31.5 Å². The van der Waals surface area contributed by atoms with Crippen LogP contribution in [0.3, 0.4) is 0 Å². The van der Waals surface area contributed by atoms with Crippen molar-refractivity contribution in [2.75, 3.05) is 20.1 Å². The lowest BCUT2D eigenvalue weighted by molar-refractivity contribution is -0.121. The SMILES string of the molecule is CCNC(=O)CN(C)C(=O)c1c[nH]c(C)cc1=O. The molecule has 0 atom stereocenters. The van der Waals surface area contributed by atoms with Gasteiger partial charge >= 0.3 is 0 Å². The van der Waals surface area contributed by atoms with E-state index in [1.54, 1.807) is 13.8 Å². The number of H-pyrrole nitrogens is 1. The highest BCUT2D eigenvalue weighted by Gasteiger charge is 2.17. The van der Waals surface area contributed by atoms with Crippen LogP contribution in [0.4, 0.5) is 0 Å². The van der Waals surface area contributed by atoms with Gasteiger partial charge < -0.3 is 15.2 Å². The Morgan fingerprint density at radius 2 is 2.11 bits per heavy atom. The van der Waals surface area contributed by atoms with E-state index >= 15 is 0 Å². The van der Waals surface area contributed by atoms with Gasteiger partial charge in [0.25, 0.3) is 5.91 Å². The average Bonchev–Trinajstić information content (AvgIpc) is 2.28. The van der Waals surface area contributed by atoms with Crippen molar-refractivity contribution < 1.29 is 9.59 Å². The first-order valence-corrected chi connectivity index (χ1v) is 5.67. The molecule has 0 radical (unpaired) electrons. The Hall–Kier alpha value is -2.11. The number of hydrogen-bond acceptors (Lipinski definition) is 3. The molecule has 1 heterocycles. The number of carbonyl (C=O) groups is 2. The highest BCUT2D eigenvalue weighted by molar-refractivity contribution is 5.95. The van der Waals surface area contributed by atoms with Crippen LogP contribution in [0.1, 0.15) is 23.0 Å². The minimum Gasteiger partial charge on any atom is -0.364 e. The topological polar surface area (TPSA) is 82.3 Å². The van der Waals surface area contributed by atoms with Gasteiger partial charge in [0.2, 0.25) is 5.91 Å². The van der Waals surface area contributed by atoms with Crippen LogP contribution in [0.25, 0.3) is 0 Å². The van der Waals surface area contributed by atoms with Crippen LogP contribution in [0.15, 0.2) is 17.1 Å². The molecule has 0 aliphatic carbocycles. The fraction of sp³-hybridized carbons (Fsp3) is 0.417. The first-order chi connectivity index (χ1) is 8.45. The Kier molecular flexibility index (Phi) is 4.65. The van der Waals surface area contributed by atoms with E-state index in [1.807, 2.05) is 0 Å². The highest BCUT2D eigenvalue weighted by atomic mass is 16.2. The molecule has 1 aromatic heterocycles. The molecule has 2 N–H and O–H groups in total. The van der Waals surface area contributed by atoms with Crippen LogP contribution in [0, 0.1) is 6.92 Å². The highest BCUT2D eigenvalue weighted by Crippen LogP contribution is 1.97. The summed E-state index contributed by atoms with van der Waals surface area (Å²) in [6, 6.07) is 1.35. The molecule has 1 rings (SSSR count). The largest absolute Gasteiger partial charge is 0.364 e. The summed E-state index contributed by atoms with van der Waals surface area (Å²) >= 11 is 0. The number of nitrogens with zero attached hydrogens (tertiary/aromatic N) is 1. The van der Waals surface area contributed by atoms with Crippen molar-refractivity contribution in [2.24, 2.45) is 0 Å². The van der Waals surface area contributed by atoms with Gasteiger partial charge in [0.1, 0.15) is 5.56 Å². The van der Waals surface area contributed by atoms with Crippen LogP contribution in [0.2, 0.25) is 0 Å². The molecule has 0 aliphatic heterocycles. The number of rotatable bonds is 4. The number of likely N-dealkylation sites (N-methyl/N-ethyl adjacent to an activating group) is 2. The summed E-state index contributed by atoms with van der Waals surface area (Å²) < 4.78 is 0. The number of aromatic amines is 1. The molecule has 6 nitrogen and oxygen atoms in total. The maximum atomic E-state index is 11.9. The third-order valence-electron chi connectivity index (χ3n) is 2.39. The molecule has 0 spiro atoms. The second-order valence-electron chi connectivity index (χ2n) is 4.01. The minimum atomic E-state index is -0.470. The average molecular weight is 251 g/mol. The Balaban J connectivity index is 2.80. The zero-order valence-electron chi connectivity index (χ0n) is 10.7. The third kappa shape index (κ3) is 3.44. The Morgan fingerprint density at radius 3 is 2.67 bits per heavy atom. The number of hydrogen-bond donors (Lipinski definition) is 2. The van der Waals surface area contributed by atoms with E-state index in [4.69, 9.17) is 0 Å². The predicted octanol–water partition coefficient (Wildman–Crippen LogP) is -0.109. The maximum Gasteiger partial charge on any atom is 0.259 e. The van der Waals surface area contributed by atoms with Crippen molar-refractivity contribution in [1.82, 2.24) is 15.2 Å². The zero-order valence-corrected chi connectivity index (χ0v) is 10.7. The Bertz CT molecular complexity index is 508. The molecule has 0 bridgehead atoms. The molecular weight excluding hydrogens is 234 g/mol. The maximum absolute atomic E-state index is 11.9. The fourth-order valence-corrected chi connectivity index (χ4v) is 1.49. The predicted molar refractivity (Wildman–Crippen MR) is 67.4 cm³/mol. The third-order valence-corrected chi connectivity index (χ3v) is 2.39. The molecule has 0 fully saturated rings. The van der Waals surface area contributed by atoms with E-state index in [1.165, 1.54) is 24.2 Å². The molecule has 18 heavy (non-hydrogen) atoms. The van der Waals surface area contributed by atoms with E-state index < -0.39 is 5.91 Å². The number of nitrogens with one attached hydrogen (secondary N) is 2. The van der Waals surface area contributed by atoms with Crippen molar-refractivity contribution in [3.05, 3.63) is 33.7 Å². The summed E-state index contributed by atoms with van der Waals surface area (Å²) in [5, 5.41) is 2.59. The Morgan fingerprint density at radius 1 is 1.44 bits per heavy atom. The van der Waals surface area contributed by atoms with Crippen LogP contribution in [-0.4, -0.2) is 41.8 Å². The summed E-state index contributed by atoms with van der Waals surface area (Å²) in [6.45, 7) is 3.96. The fourth-order valence-electron chi connectivity index (χ4n) is 1.49.